The van der Waals surface area contributed by atoms with Crippen LogP contribution in [0.15, 0.2) is 4.99 Å². The van der Waals surface area contributed by atoms with Crippen LogP contribution in [0, 0.1) is 0 Å². The van der Waals surface area contributed by atoms with Gasteiger partial charge in [0.1, 0.15) is 0 Å². The minimum atomic E-state index is -0.136. The Morgan fingerprint density at radius 1 is 1.00 bits per heavy atom. The van der Waals surface area contributed by atoms with Gasteiger partial charge in [0.15, 0.2) is 0 Å². The van der Waals surface area contributed by atoms with Crippen LogP contribution in [-0.4, -0.2) is 25.7 Å². The Hall–Kier alpha value is -1.19. The quantitative estimate of drug-likeness (QED) is 0.345. The van der Waals surface area contributed by atoms with E-state index in [1.54, 1.807) is 0 Å². The molecule has 4 nitrogen and oxygen atoms in total. The Balaban J connectivity index is 3.13. The first-order chi connectivity index (χ1) is 7.70. The maximum Gasteiger partial charge on any atom is 0.305 e. The number of methoxy groups -OCH3 is 1. The monoisotopic (exact) mass is 227 g/mol. The molecular formula is C12H21NO3. The third kappa shape index (κ3) is 9.37. The van der Waals surface area contributed by atoms with Crippen molar-refractivity contribution < 1.29 is 14.3 Å². The minimum Gasteiger partial charge on any atom is -0.469 e. The maximum absolute atomic E-state index is 10.8. The van der Waals surface area contributed by atoms with Crippen LogP contribution >= 0.6 is 0 Å². The molecular weight excluding hydrogens is 206 g/mol. The van der Waals surface area contributed by atoms with Gasteiger partial charge < -0.3 is 4.74 Å². The maximum atomic E-state index is 10.8. The Bertz CT molecular complexity index is 226. The van der Waals surface area contributed by atoms with E-state index in [1.165, 1.54) is 7.11 Å². The first kappa shape index (κ1) is 14.8. The van der Waals surface area contributed by atoms with Gasteiger partial charge in [-0.05, 0) is 19.6 Å². The molecule has 0 radical (unpaired) electrons. The number of rotatable bonds is 9. The third-order valence-corrected chi connectivity index (χ3v) is 2.43. The number of esters is 1. The number of carbonyl (C=O) groups is 2. The van der Waals surface area contributed by atoms with E-state index in [1.807, 2.05) is 0 Å². The van der Waals surface area contributed by atoms with Crippen molar-refractivity contribution in [3.05, 3.63) is 0 Å². The lowest BCUT2D eigenvalue weighted by atomic mass is 10.1. The van der Waals surface area contributed by atoms with Gasteiger partial charge in [-0.3, -0.25) is 9.59 Å². The van der Waals surface area contributed by atoms with E-state index in [9.17, 15) is 9.59 Å². The Morgan fingerprint density at radius 3 is 2.00 bits per heavy atom. The zero-order chi connectivity index (χ0) is 12.2. The van der Waals surface area contributed by atoms with Crippen LogP contribution in [0.2, 0.25) is 0 Å². The van der Waals surface area contributed by atoms with Crippen molar-refractivity contribution in [2.45, 2.75) is 51.4 Å². The molecule has 0 aliphatic rings. The summed E-state index contributed by atoms with van der Waals surface area (Å²) in [4.78, 5) is 24.9. The molecule has 0 N–H and O–H groups in total. The second-order valence-corrected chi connectivity index (χ2v) is 3.75. The summed E-state index contributed by atoms with van der Waals surface area (Å²) in [6, 6.07) is 0. The van der Waals surface area contributed by atoms with Gasteiger partial charge in [0.05, 0.1) is 7.11 Å². The molecule has 0 aromatic rings. The number of aliphatic imine (C=N–C) groups is 1. The zero-order valence-corrected chi connectivity index (χ0v) is 10.0. The standard InChI is InChI=1S/C12H21NO3/c1-13-11(14)9-7-5-3-4-6-8-10-12(15)16-2/h1,3-10H2,2H3. The van der Waals surface area contributed by atoms with Gasteiger partial charge >= 0.3 is 5.97 Å². The Labute approximate surface area is 97.1 Å². The van der Waals surface area contributed by atoms with Gasteiger partial charge in [-0.2, -0.15) is 0 Å². The van der Waals surface area contributed by atoms with Crippen LogP contribution < -0.4 is 0 Å². The highest BCUT2D eigenvalue weighted by Crippen LogP contribution is 2.09. The molecule has 0 heterocycles. The van der Waals surface area contributed by atoms with Crippen molar-refractivity contribution in [2.24, 2.45) is 4.99 Å². The smallest absolute Gasteiger partial charge is 0.305 e. The summed E-state index contributed by atoms with van der Waals surface area (Å²) < 4.78 is 4.54. The zero-order valence-electron chi connectivity index (χ0n) is 10.0. The van der Waals surface area contributed by atoms with Crippen LogP contribution in [0.5, 0.6) is 0 Å². The van der Waals surface area contributed by atoms with Crippen molar-refractivity contribution in [2.75, 3.05) is 7.11 Å². The fourth-order valence-corrected chi connectivity index (χ4v) is 1.43. The fraction of sp³-hybridized carbons (Fsp3) is 0.750. The molecule has 0 atom stereocenters. The number of amides is 1. The van der Waals surface area contributed by atoms with Crippen LogP contribution in [-0.2, 0) is 14.3 Å². The molecule has 0 aromatic carbocycles. The molecule has 92 valence electrons. The molecule has 0 aliphatic carbocycles. The van der Waals surface area contributed by atoms with E-state index >= 15 is 0 Å². The molecule has 0 aliphatic heterocycles. The lowest BCUT2D eigenvalue weighted by Gasteiger charge is -2.00. The van der Waals surface area contributed by atoms with E-state index in [0.717, 1.165) is 38.5 Å². The molecule has 16 heavy (non-hydrogen) atoms. The molecule has 0 unspecified atom stereocenters. The summed E-state index contributed by atoms with van der Waals surface area (Å²) in [6.45, 7) is 3.18. The van der Waals surface area contributed by atoms with E-state index in [-0.39, 0.29) is 11.9 Å². The number of hydrogen-bond donors (Lipinski definition) is 0. The highest BCUT2D eigenvalue weighted by Gasteiger charge is 2.00. The average Bonchev–Trinajstić information content (AvgIpc) is 2.31. The topological polar surface area (TPSA) is 55.7 Å². The third-order valence-electron chi connectivity index (χ3n) is 2.43. The second-order valence-electron chi connectivity index (χ2n) is 3.75. The number of hydrogen-bond acceptors (Lipinski definition) is 3. The van der Waals surface area contributed by atoms with E-state index in [4.69, 9.17) is 0 Å². The lowest BCUT2D eigenvalue weighted by molar-refractivity contribution is -0.140. The molecule has 0 aromatic heterocycles. The summed E-state index contributed by atoms with van der Waals surface area (Å²) in [5, 5.41) is 0. The highest BCUT2D eigenvalue weighted by atomic mass is 16.5. The van der Waals surface area contributed by atoms with E-state index in [2.05, 4.69) is 16.4 Å². The van der Waals surface area contributed by atoms with E-state index < -0.39 is 0 Å². The molecule has 4 heteroatoms. The minimum absolute atomic E-state index is 0.120. The van der Waals surface area contributed by atoms with Crippen LogP contribution in [0.1, 0.15) is 51.4 Å². The van der Waals surface area contributed by atoms with Crippen molar-refractivity contribution in [3.63, 3.8) is 0 Å². The molecule has 0 saturated carbocycles. The first-order valence-electron chi connectivity index (χ1n) is 5.77. The fourth-order valence-electron chi connectivity index (χ4n) is 1.43. The summed E-state index contributed by atoms with van der Waals surface area (Å²) in [6.07, 6.45) is 7.08. The van der Waals surface area contributed by atoms with Gasteiger partial charge in [-0.15, -0.1) is 0 Å². The first-order valence-corrected chi connectivity index (χ1v) is 5.77. The molecule has 0 saturated heterocycles. The SMILES string of the molecule is C=NC(=O)CCCCCCCCC(=O)OC. The summed E-state index contributed by atoms with van der Waals surface area (Å²) in [7, 11) is 1.41. The number of ether oxygens (including phenoxy) is 1. The second kappa shape index (κ2) is 10.3. The van der Waals surface area contributed by atoms with Crippen molar-refractivity contribution in [3.8, 4) is 0 Å². The largest absolute Gasteiger partial charge is 0.469 e. The van der Waals surface area contributed by atoms with Crippen molar-refractivity contribution >= 4 is 18.6 Å². The summed E-state index contributed by atoms with van der Waals surface area (Å²) >= 11 is 0. The van der Waals surface area contributed by atoms with E-state index in [0.29, 0.717) is 12.8 Å². The highest BCUT2D eigenvalue weighted by molar-refractivity contribution is 5.80. The number of carbonyl (C=O) groups excluding carboxylic acids is 2. The molecule has 1 amide bonds. The number of unbranched alkanes of at least 4 members (excludes halogenated alkanes) is 5. The Morgan fingerprint density at radius 2 is 1.50 bits per heavy atom. The predicted octanol–water partition coefficient (Wildman–Crippen LogP) is 2.51. The molecule has 0 fully saturated rings. The van der Waals surface area contributed by atoms with Gasteiger partial charge in [0.2, 0.25) is 5.91 Å². The van der Waals surface area contributed by atoms with Gasteiger partial charge in [-0.1, -0.05) is 25.7 Å². The van der Waals surface area contributed by atoms with Gasteiger partial charge in [-0.25, -0.2) is 4.99 Å². The van der Waals surface area contributed by atoms with Crippen LogP contribution in [0.3, 0.4) is 0 Å². The summed E-state index contributed by atoms with van der Waals surface area (Å²) in [5.74, 6) is -0.256. The predicted molar refractivity (Wildman–Crippen MR) is 63.5 cm³/mol. The van der Waals surface area contributed by atoms with Gasteiger partial charge in [0.25, 0.3) is 0 Å². The summed E-state index contributed by atoms with van der Waals surface area (Å²) in [5.41, 5.74) is 0. The van der Waals surface area contributed by atoms with Crippen LogP contribution in [0.25, 0.3) is 0 Å². The normalized spacial score (nSPS) is 9.81. The Kier molecular flexibility index (Phi) is 9.56. The number of nitrogens with zero attached hydrogens (tertiary/aromatic N) is 1. The average molecular weight is 227 g/mol. The molecule has 0 rings (SSSR count). The van der Waals surface area contributed by atoms with Crippen molar-refractivity contribution in [1.82, 2.24) is 0 Å². The van der Waals surface area contributed by atoms with Gasteiger partial charge in [0, 0.05) is 12.8 Å². The van der Waals surface area contributed by atoms with Crippen LogP contribution in [0.4, 0.5) is 0 Å². The molecule has 0 bridgehead atoms. The van der Waals surface area contributed by atoms with Crippen molar-refractivity contribution in [1.29, 1.82) is 0 Å². The molecule has 0 spiro atoms. The lowest BCUT2D eigenvalue weighted by Crippen LogP contribution is -1.99.